The summed E-state index contributed by atoms with van der Waals surface area (Å²) in [5, 5.41) is 0. The van der Waals surface area contributed by atoms with Crippen molar-refractivity contribution in [3.05, 3.63) is 0 Å². The Morgan fingerprint density at radius 2 is 0.394 bits per heavy atom. The second-order valence-corrected chi connectivity index (χ2v) is 17.2. The summed E-state index contributed by atoms with van der Waals surface area (Å²) in [6, 6.07) is 0. The average molecular weight is 951 g/mol. The van der Waals surface area contributed by atoms with Crippen molar-refractivity contribution in [3.63, 3.8) is 0 Å². The molecule has 0 aromatic rings. The van der Waals surface area contributed by atoms with Crippen molar-refractivity contribution in [2.24, 2.45) is 0 Å². The van der Waals surface area contributed by atoms with Crippen LogP contribution in [0.1, 0.15) is 187 Å². The van der Waals surface area contributed by atoms with Gasteiger partial charge in [0.2, 0.25) is 0 Å². The molecule has 0 aliphatic rings. The molecule has 396 valence electrons. The predicted molar refractivity (Wildman–Crippen MR) is 266 cm³/mol. The molecule has 13 heteroatoms. The second-order valence-electron chi connectivity index (χ2n) is 17.2. The Kier molecular flexibility index (Phi) is 61.1. The van der Waals surface area contributed by atoms with E-state index in [-0.39, 0.29) is 12.6 Å². The number of carbonyl (C=O) groups is 1. The lowest BCUT2D eigenvalue weighted by Crippen LogP contribution is -2.15. The van der Waals surface area contributed by atoms with Crippen LogP contribution in [0.25, 0.3) is 0 Å². The van der Waals surface area contributed by atoms with Gasteiger partial charge in [0.25, 0.3) is 0 Å². The molecule has 0 atom stereocenters. The summed E-state index contributed by atoms with van der Waals surface area (Å²) in [5.74, 6) is -0.130. The molecule has 0 saturated heterocycles. The molecule has 0 heterocycles. The van der Waals surface area contributed by atoms with E-state index in [4.69, 9.17) is 56.8 Å². The van der Waals surface area contributed by atoms with Crippen molar-refractivity contribution >= 4 is 5.97 Å². The fourth-order valence-corrected chi connectivity index (χ4v) is 7.10. The number of hydrogen-bond donors (Lipinski definition) is 0. The molecule has 13 nitrogen and oxygen atoms in total. The molecule has 0 N–H and O–H groups in total. The van der Waals surface area contributed by atoms with Crippen LogP contribution in [-0.2, 0) is 61.6 Å². The van der Waals surface area contributed by atoms with Gasteiger partial charge in [-0.25, -0.2) is 0 Å². The van der Waals surface area contributed by atoms with Crippen molar-refractivity contribution in [2.75, 3.05) is 152 Å². The largest absolute Gasteiger partial charge is 0.463 e. The molecule has 0 saturated carbocycles. The van der Waals surface area contributed by atoms with Gasteiger partial charge in [0.15, 0.2) is 0 Å². The average Bonchev–Trinajstić information content (AvgIpc) is 3.32. The number of unbranched alkanes of at least 4 members (excludes halogenated alkanes) is 24. The highest BCUT2D eigenvalue weighted by Crippen LogP contribution is 2.14. The minimum Gasteiger partial charge on any atom is -0.463 e. The first-order valence-electron chi connectivity index (χ1n) is 27.3. The molecule has 0 spiro atoms. The summed E-state index contributed by atoms with van der Waals surface area (Å²) < 4.78 is 66.3. The van der Waals surface area contributed by atoms with Crippen LogP contribution in [0.4, 0.5) is 0 Å². The summed E-state index contributed by atoms with van der Waals surface area (Å²) in [7, 11) is 0. The van der Waals surface area contributed by atoms with Crippen molar-refractivity contribution in [1.29, 1.82) is 0 Å². The summed E-state index contributed by atoms with van der Waals surface area (Å²) >= 11 is 0. The zero-order valence-electron chi connectivity index (χ0n) is 43.2. The van der Waals surface area contributed by atoms with Crippen LogP contribution in [0.2, 0.25) is 0 Å². The molecule has 0 amide bonds. The normalized spacial score (nSPS) is 11.6. The van der Waals surface area contributed by atoms with E-state index in [2.05, 4.69) is 13.8 Å². The maximum atomic E-state index is 11.9. The van der Waals surface area contributed by atoms with E-state index in [0.717, 1.165) is 25.9 Å². The van der Waals surface area contributed by atoms with E-state index in [9.17, 15) is 4.79 Å². The van der Waals surface area contributed by atoms with Gasteiger partial charge in [-0.2, -0.15) is 0 Å². The Labute approximate surface area is 405 Å². The van der Waals surface area contributed by atoms with Gasteiger partial charge >= 0.3 is 5.97 Å². The zero-order valence-corrected chi connectivity index (χ0v) is 43.2. The highest BCUT2D eigenvalue weighted by Gasteiger charge is 2.03. The van der Waals surface area contributed by atoms with Crippen LogP contribution in [0, 0.1) is 0 Å². The molecule has 0 aliphatic carbocycles. The smallest absolute Gasteiger partial charge is 0.305 e. The van der Waals surface area contributed by atoms with Crippen LogP contribution in [0.5, 0.6) is 0 Å². The topological polar surface area (TPSA) is 128 Å². The zero-order chi connectivity index (χ0) is 47.4. The maximum Gasteiger partial charge on any atom is 0.305 e. The lowest BCUT2D eigenvalue weighted by molar-refractivity contribution is -0.145. The van der Waals surface area contributed by atoms with Crippen LogP contribution in [0.3, 0.4) is 0 Å². The molecular weight excluding hydrogens is 845 g/mol. The predicted octanol–water partition coefficient (Wildman–Crippen LogP) is 11.3. The van der Waals surface area contributed by atoms with Crippen molar-refractivity contribution in [1.82, 2.24) is 0 Å². The SMILES string of the molecule is CCCCCCCCCCCCCCCOCCOCCOCCOCCOCCOCCOCCOCCOCCOCCOCCOC(=O)CCCCCCCCCCCCCCC. The Balaban J connectivity index is 3.11. The second kappa shape index (κ2) is 62.0. The van der Waals surface area contributed by atoms with Crippen LogP contribution < -0.4 is 0 Å². The van der Waals surface area contributed by atoms with Gasteiger partial charge in [-0.05, 0) is 12.8 Å². The highest BCUT2D eigenvalue weighted by molar-refractivity contribution is 5.69. The van der Waals surface area contributed by atoms with Gasteiger partial charge < -0.3 is 56.8 Å². The van der Waals surface area contributed by atoms with Gasteiger partial charge in [0.1, 0.15) is 6.61 Å². The fourth-order valence-electron chi connectivity index (χ4n) is 7.10. The van der Waals surface area contributed by atoms with Gasteiger partial charge in [-0.1, -0.05) is 168 Å². The Bertz CT molecular complexity index is 871. The lowest BCUT2D eigenvalue weighted by Gasteiger charge is -2.09. The number of ether oxygens (including phenoxy) is 12. The van der Waals surface area contributed by atoms with Gasteiger partial charge in [-0.3, -0.25) is 4.79 Å². The third-order valence-corrected chi connectivity index (χ3v) is 11.1. The number of rotatable bonds is 61. The van der Waals surface area contributed by atoms with Gasteiger partial charge in [0.05, 0.1) is 139 Å². The first-order chi connectivity index (χ1) is 32.8. The van der Waals surface area contributed by atoms with E-state index >= 15 is 0 Å². The van der Waals surface area contributed by atoms with Crippen LogP contribution >= 0.6 is 0 Å². The van der Waals surface area contributed by atoms with Crippen LogP contribution in [0.15, 0.2) is 0 Å². The molecule has 0 aromatic carbocycles. The van der Waals surface area contributed by atoms with Crippen molar-refractivity contribution in [2.45, 2.75) is 187 Å². The lowest BCUT2D eigenvalue weighted by atomic mass is 10.0. The molecule has 0 aromatic heterocycles. The van der Waals surface area contributed by atoms with Gasteiger partial charge in [-0.15, -0.1) is 0 Å². The van der Waals surface area contributed by atoms with Crippen molar-refractivity contribution in [3.8, 4) is 0 Å². The van der Waals surface area contributed by atoms with E-state index in [1.807, 2.05) is 0 Å². The molecule has 0 bridgehead atoms. The Hall–Kier alpha value is -0.970. The first-order valence-corrected chi connectivity index (χ1v) is 27.3. The van der Waals surface area contributed by atoms with Crippen molar-refractivity contribution < 1.29 is 61.6 Å². The molecular formula is C53H106O13. The molecule has 66 heavy (non-hydrogen) atoms. The van der Waals surface area contributed by atoms with E-state index in [0.29, 0.717) is 145 Å². The molecule has 0 fully saturated rings. The first kappa shape index (κ1) is 65.0. The number of carbonyl (C=O) groups excluding carboxylic acids is 1. The summed E-state index contributed by atoms with van der Waals surface area (Å²) in [6.45, 7) is 16.5. The minimum atomic E-state index is -0.130. The Morgan fingerprint density at radius 1 is 0.212 bits per heavy atom. The third kappa shape index (κ3) is 61.0. The maximum absolute atomic E-state index is 11.9. The molecule has 0 radical (unpaired) electrons. The quantitative estimate of drug-likeness (QED) is 0.0424. The standard InChI is InChI=1S/C53H106O13/c1-3-5-7-9-11-13-15-17-19-21-23-25-27-29-53(54)66-52-51-65-50-49-64-48-47-63-46-45-62-44-43-61-42-41-60-40-39-59-38-37-58-36-35-57-34-33-56-32-31-55-30-28-26-24-22-20-18-16-14-12-10-8-6-4-2/h3-52H2,1-2H3. The third-order valence-electron chi connectivity index (χ3n) is 11.1. The van der Waals surface area contributed by atoms with Gasteiger partial charge in [0, 0.05) is 13.0 Å². The minimum absolute atomic E-state index is 0.130. The summed E-state index contributed by atoms with van der Waals surface area (Å²) in [4.78, 5) is 11.9. The molecule has 0 unspecified atom stereocenters. The van der Waals surface area contributed by atoms with E-state index < -0.39 is 0 Å². The van der Waals surface area contributed by atoms with Crippen LogP contribution in [-0.4, -0.2) is 158 Å². The Morgan fingerprint density at radius 3 is 0.636 bits per heavy atom. The van der Waals surface area contributed by atoms with E-state index in [1.54, 1.807) is 0 Å². The monoisotopic (exact) mass is 951 g/mol. The summed E-state index contributed by atoms with van der Waals surface area (Å²) in [6.07, 6.45) is 35.1. The number of esters is 1. The molecule has 0 aliphatic heterocycles. The fraction of sp³-hybridized carbons (Fsp3) is 0.981. The highest BCUT2D eigenvalue weighted by atomic mass is 16.6. The van der Waals surface area contributed by atoms with E-state index in [1.165, 1.54) is 148 Å². The molecule has 0 rings (SSSR count). The number of hydrogen-bond acceptors (Lipinski definition) is 13. The summed E-state index contributed by atoms with van der Waals surface area (Å²) in [5.41, 5.74) is 0.